The van der Waals surface area contributed by atoms with Crippen LogP contribution in [0.1, 0.15) is 0 Å². The maximum absolute atomic E-state index is 3.76. The molecule has 14 heavy (non-hydrogen) atoms. The molecule has 0 amide bonds. The third-order valence-electron chi connectivity index (χ3n) is 6.13. The molecular weight excluding hydrogens is 184 g/mol. The molecule has 6 saturated carbocycles. The van der Waals surface area contributed by atoms with Gasteiger partial charge in [0, 0.05) is 5.41 Å². The molecule has 0 aromatic heterocycles. The van der Waals surface area contributed by atoms with Crippen molar-refractivity contribution in [2.24, 2.45) is 46.8 Å². The summed E-state index contributed by atoms with van der Waals surface area (Å²) in [6.45, 7) is 7.13. The molecule has 0 atom stereocenters. The van der Waals surface area contributed by atoms with Gasteiger partial charge in [0.05, 0.1) is 0 Å². The van der Waals surface area contributed by atoms with Gasteiger partial charge in [-0.1, -0.05) is 19.6 Å². The van der Waals surface area contributed by atoms with Crippen LogP contribution in [0, 0.1) is 58.3 Å². The van der Waals surface area contributed by atoms with E-state index in [1.165, 1.54) is 23.7 Å². The fourth-order valence-electron chi connectivity index (χ4n) is 5.98. The lowest BCUT2D eigenvalue weighted by molar-refractivity contribution is -0.595. The highest BCUT2D eigenvalue weighted by molar-refractivity contribution is 6.83. The molecule has 0 aromatic rings. The summed E-state index contributed by atoms with van der Waals surface area (Å²) in [4.78, 5) is 0. The molecule has 1 heteroatoms. The molecule has 0 nitrogen and oxygen atoms in total. The average molecular weight is 200 g/mol. The SMILES string of the molecule is C[Si](C)(C)C#CC12C3C4C5C3C1C5C42. The summed E-state index contributed by atoms with van der Waals surface area (Å²) in [5.74, 6) is 12.0. The Morgan fingerprint density at radius 3 is 1.79 bits per heavy atom. The molecule has 0 aromatic carbocycles. The van der Waals surface area contributed by atoms with Crippen LogP contribution >= 0.6 is 0 Å². The quantitative estimate of drug-likeness (QED) is 0.415. The van der Waals surface area contributed by atoms with Crippen LogP contribution in [-0.4, -0.2) is 8.07 Å². The normalized spacial score (nSPS) is 72.4. The van der Waals surface area contributed by atoms with Crippen molar-refractivity contribution in [1.29, 1.82) is 0 Å². The first-order valence-electron chi connectivity index (χ1n) is 6.12. The van der Waals surface area contributed by atoms with E-state index in [1.807, 2.05) is 0 Å². The molecule has 0 spiro atoms. The lowest BCUT2D eigenvalue weighted by Gasteiger charge is -3.06. The van der Waals surface area contributed by atoms with Gasteiger partial charge in [0.2, 0.25) is 0 Å². The zero-order valence-corrected chi connectivity index (χ0v) is 10.0. The van der Waals surface area contributed by atoms with Gasteiger partial charge in [0.15, 0.2) is 0 Å². The molecule has 6 aliphatic carbocycles. The fourth-order valence-corrected chi connectivity index (χ4v) is 6.57. The third kappa shape index (κ3) is 0.370. The Hall–Kier alpha value is -0.223. The van der Waals surface area contributed by atoms with E-state index >= 15 is 0 Å². The number of hydrogen-bond donors (Lipinski definition) is 0. The van der Waals surface area contributed by atoms with Gasteiger partial charge in [0.25, 0.3) is 0 Å². The van der Waals surface area contributed by atoms with Gasteiger partial charge >= 0.3 is 0 Å². The smallest absolute Gasteiger partial charge is 0.129 e. The highest BCUT2D eigenvalue weighted by Gasteiger charge is 3.04. The second-order valence-electron chi connectivity index (χ2n) is 7.32. The van der Waals surface area contributed by atoms with Gasteiger partial charge in [-0.15, -0.1) is 11.5 Å². The minimum Gasteiger partial charge on any atom is -0.131 e. The fraction of sp³-hybridized carbons (Fsp3) is 0.846. The average Bonchev–Trinajstić information content (AvgIpc) is 2.14. The van der Waals surface area contributed by atoms with Crippen molar-refractivity contribution in [2.75, 3.05) is 0 Å². The van der Waals surface area contributed by atoms with Gasteiger partial charge in [-0.2, -0.15) is 0 Å². The second kappa shape index (κ2) is 1.47. The minimum absolute atomic E-state index is 0.648. The van der Waals surface area contributed by atoms with Crippen molar-refractivity contribution >= 4 is 8.07 Å². The monoisotopic (exact) mass is 200 g/mol. The lowest BCUT2D eigenvalue weighted by atomic mass is 8.97. The van der Waals surface area contributed by atoms with E-state index in [9.17, 15) is 0 Å². The van der Waals surface area contributed by atoms with Crippen molar-refractivity contribution < 1.29 is 0 Å². The van der Waals surface area contributed by atoms with Crippen molar-refractivity contribution in [1.82, 2.24) is 0 Å². The van der Waals surface area contributed by atoms with Crippen LogP contribution in [-0.2, 0) is 0 Å². The lowest BCUT2D eigenvalue weighted by Crippen LogP contribution is -3.05. The van der Waals surface area contributed by atoms with E-state index < -0.39 is 8.07 Å². The van der Waals surface area contributed by atoms with Crippen LogP contribution in [0.2, 0.25) is 19.6 Å². The summed E-state index contributed by atoms with van der Waals surface area (Å²) >= 11 is 0. The molecule has 6 rings (SSSR count). The maximum atomic E-state index is 3.76. The summed E-state index contributed by atoms with van der Waals surface area (Å²) in [5, 5.41) is 0. The van der Waals surface area contributed by atoms with Gasteiger partial charge in [0.1, 0.15) is 8.07 Å². The summed E-state index contributed by atoms with van der Waals surface area (Å²) in [5.41, 5.74) is 4.30. The molecule has 0 aliphatic heterocycles. The van der Waals surface area contributed by atoms with Gasteiger partial charge in [-0.05, 0) is 41.4 Å². The molecule has 0 bridgehead atoms. The first-order chi connectivity index (χ1) is 6.57. The van der Waals surface area contributed by atoms with E-state index in [0.29, 0.717) is 5.41 Å². The molecule has 6 fully saturated rings. The minimum atomic E-state index is -1.11. The van der Waals surface area contributed by atoms with Crippen LogP contribution in [0.5, 0.6) is 0 Å². The van der Waals surface area contributed by atoms with E-state index in [-0.39, 0.29) is 0 Å². The summed E-state index contributed by atoms with van der Waals surface area (Å²) in [7, 11) is -1.11. The molecule has 6 aliphatic rings. The first-order valence-corrected chi connectivity index (χ1v) is 9.62. The van der Waals surface area contributed by atoms with Crippen LogP contribution in [0.3, 0.4) is 0 Å². The van der Waals surface area contributed by atoms with Crippen molar-refractivity contribution in [2.45, 2.75) is 19.6 Å². The van der Waals surface area contributed by atoms with Gasteiger partial charge in [-0.3, -0.25) is 0 Å². The van der Waals surface area contributed by atoms with Crippen LogP contribution in [0.15, 0.2) is 0 Å². The standard InChI is InChI=1S/C13H16Si/c1-14(2,3)5-4-13-10-7-6-8(10)12(13)9(6)11(7)13/h6-12H,1-3H3. The molecule has 0 saturated heterocycles. The van der Waals surface area contributed by atoms with E-state index in [1.54, 1.807) is 0 Å². The van der Waals surface area contributed by atoms with Crippen LogP contribution in [0.4, 0.5) is 0 Å². The Bertz CT molecular complexity index is 380. The highest BCUT2D eigenvalue weighted by Crippen LogP contribution is 3.05. The third-order valence-corrected chi connectivity index (χ3v) is 7.01. The predicted molar refractivity (Wildman–Crippen MR) is 58.0 cm³/mol. The van der Waals surface area contributed by atoms with E-state index in [4.69, 9.17) is 0 Å². The number of rotatable bonds is 0. The molecule has 0 radical (unpaired) electrons. The van der Waals surface area contributed by atoms with Gasteiger partial charge in [-0.25, -0.2) is 0 Å². The Labute approximate surface area is 86.5 Å². The Morgan fingerprint density at radius 1 is 0.857 bits per heavy atom. The van der Waals surface area contributed by atoms with E-state index in [2.05, 4.69) is 31.1 Å². The Balaban J connectivity index is 1.55. The summed E-state index contributed by atoms with van der Waals surface area (Å²) in [6.07, 6.45) is 0. The summed E-state index contributed by atoms with van der Waals surface area (Å²) < 4.78 is 0. The zero-order valence-electron chi connectivity index (χ0n) is 9.04. The highest BCUT2D eigenvalue weighted by atomic mass is 28.3. The largest absolute Gasteiger partial charge is 0.131 e. The zero-order chi connectivity index (χ0) is 9.46. The van der Waals surface area contributed by atoms with Gasteiger partial charge < -0.3 is 0 Å². The molecule has 72 valence electrons. The Morgan fingerprint density at radius 2 is 1.36 bits per heavy atom. The molecule has 0 heterocycles. The molecular formula is C13H16Si. The first kappa shape index (κ1) is 7.12. The number of hydrogen-bond acceptors (Lipinski definition) is 0. The van der Waals surface area contributed by atoms with Crippen LogP contribution < -0.4 is 0 Å². The second-order valence-corrected chi connectivity index (χ2v) is 12.1. The molecule has 0 N–H and O–H groups in total. The van der Waals surface area contributed by atoms with E-state index in [0.717, 1.165) is 17.8 Å². The Kier molecular flexibility index (Phi) is 0.745. The maximum Gasteiger partial charge on any atom is 0.129 e. The van der Waals surface area contributed by atoms with Crippen molar-refractivity contribution in [3.63, 3.8) is 0 Å². The van der Waals surface area contributed by atoms with Crippen LogP contribution in [0.25, 0.3) is 0 Å². The van der Waals surface area contributed by atoms with Crippen molar-refractivity contribution in [3.05, 3.63) is 0 Å². The topological polar surface area (TPSA) is 0 Å². The summed E-state index contributed by atoms with van der Waals surface area (Å²) in [6, 6.07) is 0. The predicted octanol–water partition coefficient (Wildman–Crippen LogP) is 2.24. The molecule has 0 unspecified atom stereocenters. The van der Waals surface area contributed by atoms with Crippen molar-refractivity contribution in [3.8, 4) is 11.5 Å².